The van der Waals surface area contributed by atoms with Crippen LogP contribution in [0, 0.1) is 0 Å². The van der Waals surface area contributed by atoms with E-state index in [1.54, 1.807) is 0 Å². The quantitative estimate of drug-likeness (QED) is 0.313. The number of nitrogens with one attached hydrogen (secondary N) is 1. The number of halogens is 1. The lowest BCUT2D eigenvalue weighted by atomic mass is 10.1. The largest absolute Gasteiger partial charge is 0.352 e. The van der Waals surface area contributed by atoms with Crippen molar-refractivity contribution in [2.24, 2.45) is 4.99 Å². The number of hydrogen-bond donors (Lipinski definition) is 1. The fourth-order valence-electron chi connectivity index (χ4n) is 3.60. The molecule has 1 fully saturated rings. The molecule has 1 aliphatic heterocycles. The van der Waals surface area contributed by atoms with Crippen molar-refractivity contribution in [1.82, 2.24) is 24.5 Å². The Hall–Kier alpha value is -1.95. The summed E-state index contributed by atoms with van der Waals surface area (Å²) in [5.74, 6) is 1.90. The maximum atomic E-state index is 12.5. The second-order valence-corrected chi connectivity index (χ2v) is 8.13. The first kappa shape index (κ1) is 26.3. The number of guanidine groups is 1. The lowest BCUT2D eigenvalue weighted by Crippen LogP contribution is -2.52. The lowest BCUT2D eigenvalue weighted by Gasteiger charge is -2.36. The number of carbonyl (C=O) groups excluding carboxylic acids is 1. The second-order valence-electron chi connectivity index (χ2n) is 7.40. The molecule has 0 unspecified atom stereocenters. The summed E-state index contributed by atoms with van der Waals surface area (Å²) in [5, 5.41) is 4.47. The molecule has 2 heterocycles. The number of aliphatic imine (C=N–C) groups is 1. The van der Waals surface area contributed by atoms with Gasteiger partial charge in [0.2, 0.25) is 5.13 Å². The van der Waals surface area contributed by atoms with Gasteiger partial charge in [0.25, 0.3) is 5.91 Å². The van der Waals surface area contributed by atoms with Crippen molar-refractivity contribution < 1.29 is 4.79 Å². The van der Waals surface area contributed by atoms with E-state index in [1.165, 1.54) is 11.5 Å². The highest BCUT2D eigenvalue weighted by Crippen LogP contribution is 2.19. The molecule has 1 aromatic heterocycles. The van der Waals surface area contributed by atoms with Crippen molar-refractivity contribution in [3.63, 3.8) is 0 Å². The van der Waals surface area contributed by atoms with Gasteiger partial charge in [-0.25, -0.2) is 4.98 Å². The molecule has 3 rings (SSSR count). The molecule has 1 aromatic carbocycles. The standard InChI is InChI=1S/C22H33N7OS.HI/c1-5-19-25-22(31-26-19)29-14-12-28(13-15-29)21(23-4)24-16-17-8-10-18(11-9-17)20(30)27(6-2)7-3;/h8-11H,5-7,12-16H2,1-4H3,(H,23,24);1H. The summed E-state index contributed by atoms with van der Waals surface area (Å²) >= 11 is 1.48. The first-order valence-corrected chi connectivity index (χ1v) is 11.8. The molecule has 10 heteroatoms. The predicted molar refractivity (Wildman–Crippen MR) is 142 cm³/mol. The molecule has 1 saturated heterocycles. The van der Waals surface area contributed by atoms with E-state index in [1.807, 2.05) is 50.1 Å². The normalized spacial score (nSPS) is 14.2. The van der Waals surface area contributed by atoms with Crippen LogP contribution in [0.1, 0.15) is 42.5 Å². The third-order valence-electron chi connectivity index (χ3n) is 5.54. The fourth-order valence-corrected chi connectivity index (χ4v) is 4.40. The van der Waals surface area contributed by atoms with E-state index < -0.39 is 0 Å². The van der Waals surface area contributed by atoms with Gasteiger partial charge in [0, 0.05) is 76.4 Å². The number of piperazine rings is 1. The maximum Gasteiger partial charge on any atom is 0.253 e. The average Bonchev–Trinajstić information content (AvgIpc) is 3.30. The van der Waals surface area contributed by atoms with Crippen molar-refractivity contribution in [2.75, 3.05) is 51.2 Å². The van der Waals surface area contributed by atoms with Gasteiger partial charge in [0.05, 0.1) is 0 Å². The molecule has 1 N–H and O–H groups in total. The number of carbonyl (C=O) groups is 1. The molecule has 0 atom stereocenters. The zero-order chi connectivity index (χ0) is 22.2. The van der Waals surface area contributed by atoms with Gasteiger partial charge >= 0.3 is 0 Å². The number of nitrogens with zero attached hydrogens (tertiary/aromatic N) is 6. The highest BCUT2D eigenvalue weighted by molar-refractivity contribution is 14.0. The Morgan fingerprint density at radius 1 is 1.12 bits per heavy atom. The molecule has 0 saturated carbocycles. The molecule has 176 valence electrons. The maximum absolute atomic E-state index is 12.5. The molecule has 0 radical (unpaired) electrons. The van der Waals surface area contributed by atoms with Crippen LogP contribution in [0.3, 0.4) is 0 Å². The number of hydrogen-bond acceptors (Lipinski definition) is 6. The number of rotatable bonds is 7. The topological polar surface area (TPSA) is 77.0 Å². The van der Waals surface area contributed by atoms with Crippen molar-refractivity contribution in [3.8, 4) is 0 Å². The van der Waals surface area contributed by atoms with Crippen LogP contribution in [-0.4, -0.2) is 77.3 Å². The van der Waals surface area contributed by atoms with Crippen LogP contribution in [0.2, 0.25) is 0 Å². The van der Waals surface area contributed by atoms with Crippen molar-refractivity contribution in [1.29, 1.82) is 0 Å². The average molecular weight is 572 g/mol. The van der Waals surface area contributed by atoms with E-state index in [0.717, 1.165) is 73.7 Å². The van der Waals surface area contributed by atoms with Crippen LogP contribution in [0.15, 0.2) is 29.3 Å². The minimum atomic E-state index is 0. The Kier molecular flexibility index (Phi) is 10.6. The molecule has 0 bridgehead atoms. The molecule has 8 nitrogen and oxygen atoms in total. The van der Waals surface area contributed by atoms with Gasteiger partial charge in [-0.1, -0.05) is 19.1 Å². The van der Waals surface area contributed by atoms with E-state index in [4.69, 9.17) is 0 Å². The van der Waals surface area contributed by atoms with Gasteiger partial charge in [-0.2, -0.15) is 4.37 Å². The van der Waals surface area contributed by atoms with Gasteiger partial charge in [-0.05, 0) is 31.5 Å². The predicted octanol–water partition coefficient (Wildman–Crippen LogP) is 3.10. The Labute approximate surface area is 212 Å². The van der Waals surface area contributed by atoms with E-state index in [-0.39, 0.29) is 29.9 Å². The summed E-state index contributed by atoms with van der Waals surface area (Å²) in [6.45, 7) is 11.8. The lowest BCUT2D eigenvalue weighted by molar-refractivity contribution is 0.0773. The molecule has 0 aliphatic carbocycles. The molecular weight excluding hydrogens is 537 g/mol. The summed E-state index contributed by atoms with van der Waals surface area (Å²) in [6, 6.07) is 7.84. The Balaban J connectivity index is 0.00000363. The minimum Gasteiger partial charge on any atom is -0.352 e. The fraction of sp³-hybridized carbons (Fsp3) is 0.545. The minimum absolute atomic E-state index is 0. The summed E-state index contributed by atoms with van der Waals surface area (Å²) in [4.78, 5) is 27.9. The highest BCUT2D eigenvalue weighted by Gasteiger charge is 2.22. The number of amides is 1. The number of aryl methyl sites for hydroxylation is 1. The van der Waals surface area contributed by atoms with Crippen LogP contribution in [-0.2, 0) is 13.0 Å². The van der Waals surface area contributed by atoms with Crippen LogP contribution in [0.25, 0.3) is 0 Å². The second kappa shape index (κ2) is 12.9. The number of aromatic nitrogens is 2. The number of anilines is 1. The monoisotopic (exact) mass is 571 g/mol. The Morgan fingerprint density at radius 2 is 1.78 bits per heavy atom. The third kappa shape index (κ3) is 6.53. The van der Waals surface area contributed by atoms with Crippen molar-refractivity contribution in [3.05, 3.63) is 41.2 Å². The summed E-state index contributed by atoms with van der Waals surface area (Å²) in [7, 11) is 1.82. The first-order valence-electron chi connectivity index (χ1n) is 11.0. The Morgan fingerprint density at radius 3 is 2.31 bits per heavy atom. The van der Waals surface area contributed by atoms with Crippen LogP contribution >= 0.6 is 35.5 Å². The van der Waals surface area contributed by atoms with E-state index in [2.05, 4.69) is 36.4 Å². The zero-order valence-corrected chi connectivity index (χ0v) is 22.5. The van der Waals surface area contributed by atoms with Gasteiger partial charge in [-0.3, -0.25) is 9.79 Å². The number of benzene rings is 1. The summed E-state index contributed by atoms with van der Waals surface area (Å²) in [6.07, 6.45) is 0.873. The van der Waals surface area contributed by atoms with Crippen LogP contribution in [0.5, 0.6) is 0 Å². The van der Waals surface area contributed by atoms with Gasteiger partial charge in [-0.15, -0.1) is 24.0 Å². The van der Waals surface area contributed by atoms with Crippen molar-refractivity contribution >= 4 is 52.5 Å². The third-order valence-corrected chi connectivity index (χ3v) is 6.35. The molecule has 2 aromatic rings. The molecular formula is C22H34IN7OS. The smallest absolute Gasteiger partial charge is 0.253 e. The zero-order valence-electron chi connectivity index (χ0n) is 19.4. The van der Waals surface area contributed by atoms with Gasteiger partial charge in [0.1, 0.15) is 5.82 Å². The molecule has 1 amide bonds. The van der Waals surface area contributed by atoms with Crippen molar-refractivity contribution in [2.45, 2.75) is 33.7 Å². The SMILES string of the molecule is CCc1nsc(N2CCN(C(=NC)NCc3ccc(C(=O)N(CC)CC)cc3)CC2)n1.I. The summed E-state index contributed by atoms with van der Waals surface area (Å²) in [5.41, 5.74) is 1.85. The van der Waals surface area contributed by atoms with Gasteiger partial charge in [0.15, 0.2) is 5.96 Å². The summed E-state index contributed by atoms with van der Waals surface area (Å²) < 4.78 is 4.39. The van der Waals surface area contributed by atoms with Gasteiger partial charge < -0.3 is 20.0 Å². The highest BCUT2D eigenvalue weighted by atomic mass is 127. The molecule has 1 aliphatic rings. The molecule has 32 heavy (non-hydrogen) atoms. The van der Waals surface area contributed by atoms with Crippen LogP contribution < -0.4 is 10.2 Å². The first-order chi connectivity index (χ1) is 15.1. The van der Waals surface area contributed by atoms with E-state index >= 15 is 0 Å². The Bertz CT molecular complexity index is 875. The van der Waals surface area contributed by atoms with E-state index in [9.17, 15) is 4.79 Å². The van der Waals surface area contributed by atoms with Crippen LogP contribution in [0.4, 0.5) is 5.13 Å². The molecule has 0 spiro atoms. The van der Waals surface area contributed by atoms with E-state index in [0.29, 0.717) is 6.54 Å².